The van der Waals surface area contributed by atoms with Crippen LogP contribution in [0.15, 0.2) is 54.4 Å². The molecule has 0 saturated carbocycles. The Bertz CT molecular complexity index is 774. The van der Waals surface area contributed by atoms with Crippen molar-refractivity contribution in [3.63, 3.8) is 0 Å². The minimum Gasteiger partial charge on any atom is -0.339 e. The van der Waals surface area contributed by atoms with Crippen LogP contribution in [-0.2, 0) is 15.0 Å². The van der Waals surface area contributed by atoms with Crippen molar-refractivity contribution in [2.75, 3.05) is 18.4 Å². The van der Waals surface area contributed by atoms with Gasteiger partial charge in [-0.3, -0.25) is 9.59 Å². The van der Waals surface area contributed by atoms with Gasteiger partial charge in [-0.05, 0) is 42.9 Å². The van der Waals surface area contributed by atoms with Gasteiger partial charge in [0.05, 0.1) is 11.1 Å². The molecule has 2 amide bonds. The minimum atomic E-state index is -0.617. The zero-order valence-electron chi connectivity index (χ0n) is 14.3. The number of carbonyl (C=O) groups is 2. The number of benzene rings is 1. The van der Waals surface area contributed by atoms with Gasteiger partial charge in [0.1, 0.15) is 0 Å². The molecule has 0 aliphatic carbocycles. The van der Waals surface area contributed by atoms with E-state index in [2.05, 4.69) is 11.9 Å². The van der Waals surface area contributed by atoms with Gasteiger partial charge in [-0.15, -0.1) is 11.3 Å². The van der Waals surface area contributed by atoms with Crippen LogP contribution in [0.4, 0.5) is 5.69 Å². The highest BCUT2D eigenvalue weighted by Crippen LogP contribution is 2.37. The van der Waals surface area contributed by atoms with Crippen molar-refractivity contribution in [3.05, 3.63) is 64.9 Å². The molecule has 25 heavy (non-hydrogen) atoms. The zero-order valence-corrected chi connectivity index (χ0v) is 15.1. The molecule has 2 heterocycles. The summed E-state index contributed by atoms with van der Waals surface area (Å²) >= 11 is 1.62. The molecule has 0 radical (unpaired) electrons. The first-order valence-corrected chi connectivity index (χ1v) is 9.27. The van der Waals surface area contributed by atoms with Gasteiger partial charge < -0.3 is 10.2 Å². The SMILES string of the molecule is C=CC(=O)N1CCC(C(=O)Nc2ccsc2C)(c2ccccc2)CC1. The van der Waals surface area contributed by atoms with E-state index in [1.165, 1.54) is 6.08 Å². The van der Waals surface area contributed by atoms with Crippen molar-refractivity contribution >= 4 is 28.8 Å². The van der Waals surface area contributed by atoms with Crippen LogP contribution in [0.1, 0.15) is 23.3 Å². The lowest BCUT2D eigenvalue weighted by molar-refractivity contribution is -0.131. The third-order valence-corrected chi connectivity index (χ3v) is 5.82. The normalized spacial score (nSPS) is 16.3. The third kappa shape index (κ3) is 3.37. The van der Waals surface area contributed by atoms with Gasteiger partial charge in [0, 0.05) is 18.0 Å². The van der Waals surface area contributed by atoms with E-state index in [1.807, 2.05) is 48.7 Å². The molecular formula is C20H22N2O2S. The third-order valence-electron chi connectivity index (χ3n) is 4.97. The molecule has 1 fully saturated rings. The predicted octanol–water partition coefficient (Wildman–Crippen LogP) is 3.74. The van der Waals surface area contributed by atoms with Crippen molar-refractivity contribution < 1.29 is 9.59 Å². The Balaban J connectivity index is 1.89. The standard InChI is InChI=1S/C20H22N2O2S/c1-3-18(23)22-12-10-20(11-13-22,16-7-5-4-6-8-16)19(24)21-17-9-14-25-15(17)2/h3-9,14H,1,10-13H2,2H3,(H,21,24). The van der Waals surface area contributed by atoms with Gasteiger partial charge >= 0.3 is 0 Å². The molecular weight excluding hydrogens is 332 g/mol. The quantitative estimate of drug-likeness (QED) is 0.850. The number of nitrogens with one attached hydrogen (secondary N) is 1. The average Bonchev–Trinajstić information content (AvgIpc) is 3.06. The van der Waals surface area contributed by atoms with E-state index in [0.29, 0.717) is 25.9 Å². The molecule has 0 spiro atoms. The Hall–Kier alpha value is -2.40. The van der Waals surface area contributed by atoms with Crippen LogP contribution in [0.3, 0.4) is 0 Å². The molecule has 0 atom stereocenters. The molecule has 0 unspecified atom stereocenters. The first-order chi connectivity index (χ1) is 12.1. The van der Waals surface area contributed by atoms with E-state index in [0.717, 1.165) is 16.1 Å². The Morgan fingerprint density at radius 3 is 2.44 bits per heavy atom. The van der Waals surface area contributed by atoms with Crippen molar-refractivity contribution in [2.45, 2.75) is 25.2 Å². The van der Waals surface area contributed by atoms with Crippen LogP contribution in [0.25, 0.3) is 0 Å². The number of likely N-dealkylation sites (tertiary alicyclic amines) is 1. The lowest BCUT2D eigenvalue weighted by atomic mass is 9.72. The molecule has 1 aliphatic heterocycles. The van der Waals surface area contributed by atoms with Crippen molar-refractivity contribution in [1.82, 2.24) is 4.90 Å². The summed E-state index contributed by atoms with van der Waals surface area (Å²) in [5.41, 5.74) is 1.26. The van der Waals surface area contributed by atoms with Crippen molar-refractivity contribution in [2.24, 2.45) is 0 Å². The minimum absolute atomic E-state index is 0.00546. The van der Waals surface area contributed by atoms with Gasteiger partial charge in [-0.2, -0.15) is 0 Å². The molecule has 2 aromatic rings. The number of piperidine rings is 1. The summed E-state index contributed by atoms with van der Waals surface area (Å²) in [6.45, 7) is 6.66. The van der Waals surface area contributed by atoms with E-state index in [4.69, 9.17) is 0 Å². The number of rotatable bonds is 4. The Labute approximate surface area is 152 Å². The maximum Gasteiger partial charge on any atom is 0.245 e. The lowest BCUT2D eigenvalue weighted by Crippen LogP contribution is -2.50. The second-order valence-corrected chi connectivity index (χ2v) is 7.44. The molecule has 4 nitrogen and oxygen atoms in total. The maximum atomic E-state index is 13.3. The summed E-state index contributed by atoms with van der Waals surface area (Å²) in [5, 5.41) is 5.08. The number of nitrogens with zero attached hydrogens (tertiary/aromatic N) is 1. The van der Waals surface area contributed by atoms with Crippen LogP contribution >= 0.6 is 11.3 Å². The fraction of sp³-hybridized carbons (Fsp3) is 0.300. The molecule has 1 aromatic carbocycles. The van der Waals surface area contributed by atoms with Crippen molar-refractivity contribution in [3.8, 4) is 0 Å². The van der Waals surface area contributed by atoms with Gasteiger partial charge in [0.2, 0.25) is 11.8 Å². The van der Waals surface area contributed by atoms with Gasteiger partial charge in [0.15, 0.2) is 0 Å². The number of hydrogen-bond donors (Lipinski definition) is 1. The average molecular weight is 354 g/mol. The van der Waals surface area contributed by atoms with Crippen LogP contribution in [0.2, 0.25) is 0 Å². The number of aryl methyl sites for hydroxylation is 1. The predicted molar refractivity (Wildman–Crippen MR) is 102 cm³/mol. The zero-order chi connectivity index (χ0) is 17.9. The highest BCUT2D eigenvalue weighted by molar-refractivity contribution is 7.10. The van der Waals surface area contributed by atoms with E-state index < -0.39 is 5.41 Å². The Morgan fingerprint density at radius 1 is 1.20 bits per heavy atom. The second kappa shape index (κ2) is 7.23. The van der Waals surface area contributed by atoms with E-state index in [1.54, 1.807) is 16.2 Å². The number of carbonyl (C=O) groups excluding carboxylic acids is 2. The van der Waals surface area contributed by atoms with Gasteiger partial charge in [-0.1, -0.05) is 36.9 Å². The molecule has 1 aliphatic rings. The number of thiophene rings is 1. The molecule has 1 aromatic heterocycles. The molecule has 3 rings (SSSR count). The first kappa shape index (κ1) is 17.4. The highest BCUT2D eigenvalue weighted by atomic mass is 32.1. The number of anilines is 1. The van der Waals surface area contributed by atoms with Crippen LogP contribution in [-0.4, -0.2) is 29.8 Å². The molecule has 5 heteroatoms. The van der Waals surface area contributed by atoms with E-state index >= 15 is 0 Å². The summed E-state index contributed by atoms with van der Waals surface area (Å²) in [4.78, 5) is 28.0. The van der Waals surface area contributed by atoms with E-state index in [9.17, 15) is 9.59 Å². The summed E-state index contributed by atoms with van der Waals surface area (Å²) in [6.07, 6.45) is 2.54. The second-order valence-electron chi connectivity index (χ2n) is 6.32. The summed E-state index contributed by atoms with van der Waals surface area (Å²) in [6, 6.07) is 11.8. The Morgan fingerprint density at radius 2 is 1.88 bits per heavy atom. The van der Waals surface area contributed by atoms with Gasteiger partial charge in [-0.25, -0.2) is 0 Å². The smallest absolute Gasteiger partial charge is 0.245 e. The molecule has 1 N–H and O–H groups in total. The fourth-order valence-electron chi connectivity index (χ4n) is 3.40. The Kier molecular flexibility index (Phi) is 5.04. The number of amides is 2. The van der Waals surface area contributed by atoms with E-state index in [-0.39, 0.29) is 11.8 Å². The largest absolute Gasteiger partial charge is 0.339 e. The molecule has 1 saturated heterocycles. The fourth-order valence-corrected chi connectivity index (χ4v) is 4.05. The molecule has 130 valence electrons. The monoisotopic (exact) mass is 354 g/mol. The summed E-state index contributed by atoms with van der Waals surface area (Å²) < 4.78 is 0. The maximum absolute atomic E-state index is 13.3. The van der Waals surface area contributed by atoms with Crippen LogP contribution in [0.5, 0.6) is 0 Å². The first-order valence-electron chi connectivity index (χ1n) is 8.39. The lowest BCUT2D eigenvalue weighted by Gasteiger charge is -2.40. The summed E-state index contributed by atoms with van der Waals surface area (Å²) in [5.74, 6) is -0.0679. The van der Waals surface area contributed by atoms with Crippen molar-refractivity contribution in [1.29, 1.82) is 0 Å². The molecule has 0 bridgehead atoms. The summed E-state index contributed by atoms with van der Waals surface area (Å²) in [7, 11) is 0. The number of hydrogen-bond acceptors (Lipinski definition) is 3. The highest BCUT2D eigenvalue weighted by Gasteiger charge is 2.43. The van der Waals surface area contributed by atoms with Crippen LogP contribution in [0, 0.1) is 6.92 Å². The topological polar surface area (TPSA) is 49.4 Å². The van der Waals surface area contributed by atoms with Gasteiger partial charge in [0.25, 0.3) is 0 Å². The van der Waals surface area contributed by atoms with Crippen LogP contribution < -0.4 is 5.32 Å².